The Morgan fingerprint density at radius 3 is 3.09 bits per heavy atom. The molecule has 0 N–H and O–H groups in total. The van der Waals surface area contributed by atoms with E-state index in [2.05, 4.69) is 17.0 Å². The van der Waals surface area contributed by atoms with Crippen molar-refractivity contribution in [1.29, 1.82) is 0 Å². The van der Waals surface area contributed by atoms with Gasteiger partial charge in [-0.25, -0.2) is 18.9 Å². The average molecular weight is 450 g/mol. The van der Waals surface area contributed by atoms with Gasteiger partial charge in [0.15, 0.2) is 5.65 Å². The third kappa shape index (κ3) is 2.95. The number of fused-ring (bicyclic) bond motifs is 6. The van der Waals surface area contributed by atoms with E-state index in [-0.39, 0.29) is 18.1 Å². The van der Waals surface area contributed by atoms with Crippen molar-refractivity contribution in [3.05, 3.63) is 51.0 Å². The number of ether oxygens (including phenoxy) is 1. The summed E-state index contributed by atoms with van der Waals surface area (Å²) in [4.78, 5) is 34.7. The largest absolute Gasteiger partial charge is 0.490 e. The van der Waals surface area contributed by atoms with Crippen LogP contribution in [-0.2, 0) is 24.2 Å². The highest BCUT2D eigenvalue weighted by Crippen LogP contribution is 2.38. The predicted octanol–water partition coefficient (Wildman–Crippen LogP) is 2.96. The molecule has 2 aliphatic rings. The maximum Gasteiger partial charge on any atom is 0.352 e. The van der Waals surface area contributed by atoms with Crippen molar-refractivity contribution >= 4 is 38.8 Å². The van der Waals surface area contributed by atoms with E-state index in [0.717, 1.165) is 40.7 Å². The van der Waals surface area contributed by atoms with Crippen molar-refractivity contribution in [1.82, 2.24) is 19.2 Å². The Morgan fingerprint density at radius 1 is 1.34 bits per heavy atom. The molecule has 164 valence electrons. The first-order valence-corrected chi connectivity index (χ1v) is 11.7. The van der Waals surface area contributed by atoms with Crippen LogP contribution < -0.4 is 15.3 Å². The zero-order valence-electron chi connectivity index (χ0n) is 18.0. The summed E-state index contributed by atoms with van der Waals surface area (Å²) in [7, 11) is 0. The van der Waals surface area contributed by atoms with Gasteiger partial charge in [-0.3, -0.25) is 4.79 Å². The standard InChI is InChI=1S/C23H23N5O3S/c1-13-4-6-17-16(9-13)26(7-8-31-17)19(29)11-28-23(30)27-12-24-22-20(21(27)25-28)15-5-3-14(2)10-18(15)32-22/h4,6,9,12,14H,3,5,7-8,10-11H2,1-2H3/t14-/m1/s1. The Hall–Kier alpha value is -3.20. The van der Waals surface area contributed by atoms with E-state index in [1.54, 1.807) is 16.2 Å². The second-order valence-electron chi connectivity index (χ2n) is 8.78. The molecule has 0 saturated heterocycles. The summed E-state index contributed by atoms with van der Waals surface area (Å²) < 4.78 is 8.42. The van der Waals surface area contributed by atoms with Gasteiger partial charge in [0.05, 0.1) is 17.6 Å². The molecule has 8 nitrogen and oxygen atoms in total. The molecule has 0 saturated carbocycles. The van der Waals surface area contributed by atoms with Crippen molar-refractivity contribution in [2.45, 2.75) is 39.7 Å². The minimum Gasteiger partial charge on any atom is -0.490 e. The molecule has 3 aromatic heterocycles. The van der Waals surface area contributed by atoms with Crippen LogP contribution in [0.1, 0.15) is 29.3 Å². The van der Waals surface area contributed by atoms with Gasteiger partial charge in [0.2, 0.25) is 5.91 Å². The Balaban J connectivity index is 1.40. The van der Waals surface area contributed by atoms with Gasteiger partial charge in [0, 0.05) is 4.88 Å². The van der Waals surface area contributed by atoms with E-state index >= 15 is 0 Å². The number of aryl methyl sites for hydroxylation is 2. The molecule has 1 aliphatic carbocycles. The molecule has 32 heavy (non-hydrogen) atoms. The first-order chi connectivity index (χ1) is 15.5. The van der Waals surface area contributed by atoms with Gasteiger partial charge in [-0.1, -0.05) is 13.0 Å². The maximum atomic E-state index is 13.2. The predicted molar refractivity (Wildman–Crippen MR) is 123 cm³/mol. The van der Waals surface area contributed by atoms with Gasteiger partial charge < -0.3 is 9.64 Å². The first-order valence-electron chi connectivity index (χ1n) is 10.9. The van der Waals surface area contributed by atoms with Gasteiger partial charge in [0.1, 0.15) is 30.1 Å². The minimum absolute atomic E-state index is 0.126. The first kappa shape index (κ1) is 19.5. The fourth-order valence-corrected chi connectivity index (χ4v) is 6.11. The number of hydrogen-bond donors (Lipinski definition) is 0. The lowest BCUT2D eigenvalue weighted by Crippen LogP contribution is -2.41. The monoisotopic (exact) mass is 449 g/mol. The van der Waals surface area contributed by atoms with Crippen LogP contribution in [-0.4, -0.2) is 38.2 Å². The number of carbonyl (C=O) groups excluding carboxylic acids is 1. The van der Waals surface area contributed by atoms with Crippen LogP contribution in [0.15, 0.2) is 29.3 Å². The van der Waals surface area contributed by atoms with Crippen LogP contribution in [0.25, 0.3) is 15.9 Å². The molecule has 0 radical (unpaired) electrons. The summed E-state index contributed by atoms with van der Waals surface area (Å²) in [5.41, 5.74) is 3.30. The fraction of sp³-hybridized carbons (Fsp3) is 0.391. The van der Waals surface area contributed by atoms with Crippen molar-refractivity contribution in [3.63, 3.8) is 0 Å². The van der Waals surface area contributed by atoms with Gasteiger partial charge in [-0.15, -0.1) is 16.4 Å². The third-order valence-corrected chi connectivity index (χ3v) is 7.60. The molecule has 0 fully saturated rings. The van der Waals surface area contributed by atoms with Crippen molar-refractivity contribution < 1.29 is 9.53 Å². The number of hydrogen-bond acceptors (Lipinski definition) is 6. The number of nitrogens with zero attached hydrogens (tertiary/aromatic N) is 5. The second-order valence-corrected chi connectivity index (χ2v) is 9.86. The van der Waals surface area contributed by atoms with Gasteiger partial charge in [0.25, 0.3) is 0 Å². The smallest absolute Gasteiger partial charge is 0.352 e. The zero-order valence-corrected chi connectivity index (χ0v) is 18.8. The van der Waals surface area contributed by atoms with E-state index in [1.807, 2.05) is 25.1 Å². The van der Waals surface area contributed by atoms with Crippen LogP contribution in [0.4, 0.5) is 5.69 Å². The molecule has 4 heterocycles. The van der Waals surface area contributed by atoms with Crippen molar-refractivity contribution in [2.24, 2.45) is 5.92 Å². The minimum atomic E-state index is -0.343. The SMILES string of the molecule is Cc1ccc2c(c1)N(C(=O)Cn1nc3c4c5c(sc4ncn3c1=O)C[C@H](C)CC5)CCO2. The molecule has 4 aromatic rings. The molecule has 0 bridgehead atoms. The lowest BCUT2D eigenvalue weighted by molar-refractivity contribution is -0.119. The molecule has 6 rings (SSSR count). The summed E-state index contributed by atoms with van der Waals surface area (Å²) in [5.74, 6) is 1.16. The summed E-state index contributed by atoms with van der Waals surface area (Å²) >= 11 is 1.70. The third-order valence-electron chi connectivity index (χ3n) is 6.44. The Labute approximate surface area is 188 Å². The molecule has 1 amide bonds. The molecule has 1 aromatic carbocycles. The second kappa shape index (κ2) is 7.16. The lowest BCUT2D eigenvalue weighted by atomic mass is 9.89. The van der Waals surface area contributed by atoms with Gasteiger partial charge in [-0.05, 0) is 55.4 Å². The van der Waals surface area contributed by atoms with Crippen LogP contribution in [0.2, 0.25) is 0 Å². The highest BCUT2D eigenvalue weighted by Gasteiger charge is 2.27. The summed E-state index contributed by atoms with van der Waals surface area (Å²) in [6, 6.07) is 5.77. The summed E-state index contributed by atoms with van der Waals surface area (Å²) in [5, 5.41) is 5.57. The topological polar surface area (TPSA) is 81.7 Å². The van der Waals surface area contributed by atoms with E-state index in [1.165, 1.54) is 25.9 Å². The summed E-state index contributed by atoms with van der Waals surface area (Å²) in [6.45, 7) is 4.99. The van der Waals surface area contributed by atoms with Crippen LogP contribution >= 0.6 is 11.3 Å². The molecule has 0 spiro atoms. The van der Waals surface area contributed by atoms with Crippen molar-refractivity contribution in [2.75, 3.05) is 18.1 Å². The molecular weight excluding hydrogens is 426 g/mol. The quantitative estimate of drug-likeness (QED) is 0.470. The molecule has 0 unspecified atom stereocenters. The molecular formula is C23H23N5O3S. The molecule has 9 heteroatoms. The number of aromatic nitrogens is 4. The van der Waals surface area contributed by atoms with Gasteiger partial charge in [-0.2, -0.15) is 0 Å². The normalized spacial score (nSPS) is 17.9. The van der Waals surface area contributed by atoms with E-state index in [0.29, 0.717) is 30.5 Å². The number of carbonyl (C=O) groups is 1. The Morgan fingerprint density at radius 2 is 2.22 bits per heavy atom. The van der Waals surface area contributed by atoms with Crippen LogP contribution in [0.5, 0.6) is 5.75 Å². The van der Waals surface area contributed by atoms with E-state index in [9.17, 15) is 9.59 Å². The zero-order chi connectivity index (χ0) is 22.0. The van der Waals surface area contributed by atoms with Gasteiger partial charge >= 0.3 is 5.69 Å². The Bertz CT molecular complexity index is 1450. The van der Waals surface area contributed by atoms with E-state index in [4.69, 9.17) is 4.74 Å². The Kier molecular flexibility index (Phi) is 4.36. The number of rotatable bonds is 2. The summed E-state index contributed by atoms with van der Waals surface area (Å²) in [6.07, 6.45) is 4.68. The highest BCUT2D eigenvalue weighted by atomic mass is 32.1. The van der Waals surface area contributed by atoms with Crippen molar-refractivity contribution in [3.8, 4) is 5.75 Å². The molecule has 1 aliphatic heterocycles. The number of amides is 1. The number of anilines is 1. The van der Waals surface area contributed by atoms with Crippen LogP contribution in [0, 0.1) is 12.8 Å². The average Bonchev–Trinajstić information content (AvgIpc) is 3.30. The molecule has 1 atom stereocenters. The lowest BCUT2D eigenvalue weighted by Gasteiger charge is -2.29. The van der Waals surface area contributed by atoms with E-state index < -0.39 is 0 Å². The highest BCUT2D eigenvalue weighted by molar-refractivity contribution is 7.19. The fourth-order valence-electron chi connectivity index (χ4n) is 4.77. The maximum absolute atomic E-state index is 13.2. The number of thiophene rings is 1. The van der Waals surface area contributed by atoms with Crippen LogP contribution in [0.3, 0.4) is 0 Å². The number of benzene rings is 1.